The molecule has 2 spiro atoms. The number of nitrogens with zero attached hydrogens (tertiary/aromatic N) is 3. The van der Waals surface area contributed by atoms with E-state index in [4.69, 9.17) is 15.0 Å². The number of hydrogen-bond acceptors (Lipinski definition) is 3. The fourth-order valence-electron chi connectivity index (χ4n) is 14.8. The van der Waals surface area contributed by atoms with Gasteiger partial charge in [-0.2, -0.15) is 0 Å². The summed E-state index contributed by atoms with van der Waals surface area (Å²) >= 11 is 0. The maximum absolute atomic E-state index is 5.22. The minimum absolute atomic E-state index is 0.0154. The molecule has 4 saturated carbocycles. The Morgan fingerprint density at radius 3 is 1.35 bits per heavy atom. The Morgan fingerprint density at radius 2 is 0.710 bits per heavy atom. The fraction of sp³-hybridized carbons (Fsp3) is 0.167. The van der Waals surface area contributed by atoms with Crippen LogP contribution in [0.1, 0.15) is 65.5 Å². The molecule has 3 nitrogen and oxygen atoms in total. The van der Waals surface area contributed by atoms with Crippen molar-refractivity contribution in [3.8, 4) is 67.5 Å². The summed E-state index contributed by atoms with van der Waals surface area (Å²) in [6, 6.07) is 79.0. The summed E-state index contributed by atoms with van der Waals surface area (Å²) < 4.78 is 0. The van der Waals surface area contributed by atoms with Crippen molar-refractivity contribution in [3.05, 3.63) is 246 Å². The molecule has 328 valence electrons. The van der Waals surface area contributed by atoms with Crippen LogP contribution in [-0.2, 0) is 10.8 Å². The topological polar surface area (TPSA) is 38.7 Å². The normalized spacial score (nSPS) is 21.8. The van der Waals surface area contributed by atoms with Gasteiger partial charge in [0.05, 0.1) is 5.41 Å². The Kier molecular flexibility index (Phi) is 8.46. The summed E-state index contributed by atoms with van der Waals surface area (Å²) in [7, 11) is 0. The first-order valence-electron chi connectivity index (χ1n) is 25.1. The van der Waals surface area contributed by atoms with E-state index < -0.39 is 5.41 Å². The number of rotatable bonds is 5. The van der Waals surface area contributed by atoms with Crippen LogP contribution in [0.4, 0.5) is 0 Å². The molecular formula is C66H49N3. The zero-order chi connectivity index (χ0) is 45.3. The smallest absolute Gasteiger partial charge is 0.164 e. The lowest BCUT2D eigenvalue weighted by Crippen LogP contribution is -2.59. The van der Waals surface area contributed by atoms with Crippen LogP contribution in [0.3, 0.4) is 0 Å². The van der Waals surface area contributed by atoms with E-state index in [-0.39, 0.29) is 5.41 Å². The fourth-order valence-corrected chi connectivity index (χ4v) is 14.8. The van der Waals surface area contributed by atoms with Crippen molar-refractivity contribution in [3.63, 3.8) is 0 Å². The lowest BCUT2D eigenvalue weighted by Gasteiger charge is -2.65. The van der Waals surface area contributed by atoms with E-state index in [9.17, 15) is 0 Å². The van der Waals surface area contributed by atoms with Crippen LogP contribution in [0.15, 0.2) is 212 Å². The first kappa shape index (κ1) is 39.3. The van der Waals surface area contributed by atoms with Crippen molar-refractivity contribution in [2.45, 2.75) is 42.9 Å². The first-order chi connectivity index (χ1) is 34.1. The van der Waals surface area contributed by atoms with Crippen LogP contribution in [0, 0.1) is 23.7 Å². The Hall–Kier alpha value is -7.75. The average molecular weight is 884 g/mol. The van der Waals surface area contributed by atoms with Gasteiger partial charge in [-0.05, 0) is 152 Å². The van der Waals surface area contributed by atoms with Gasteiger partial charge in [0, 0.05) is 22.1 Å². The highest BCUT2D eigenvalue weighted by molar-refractivity contribution is 5.91. The average Bonchev–Trinajstić information content (AvgIpc) is 3.71. The number of hydrogen-bond donors (Lipinski definition) is 0. The molecule has 0 amide bonds. The molecule has 4 fully saturated rings. The van der Waals surface area contributed by atoms with Crippen LogP contribution in [-0.4, -0.2) is 15.0 Å². The van der Waals surface area contributed by atoms with Crippen LogP contribution in [0.25, 0.3) is 78.3 Å². The largest absolute Gasteiger partial charge is 0.208 e. The number of aromatic nitrogens is 3. The molecule has 0 aliphatic heterocycles. The van der Waals surface area contributed by atoms with E-state index in [1.165, 1.54) is 93.1 Å². The Balaban J connectivity index is 0.880. The summed E-state index contributed by atoms with van der Waals surface area (Å²) in [4.78, 5) is 15.5. The molecule has 0 atom stereocenters. The first-order valence-corrected chi connectivity index (χ1v) is 25.1. The van der Waals surface area contributed by atoms with Crippen molar-refractivity contribution in [1.82, 2.24) is 15.0 Å². The van der Waals surface area contributed by atoms with Gasteiger partial charge in [0.15, 0.2) is 17.5 Å². The molecule has 10 aromatic rings. The maximum Gasteiger partial charge on any atom is 0.164 e. The second kappa shape index (κ2) is 14.9. The van der Waals surface area contributed by atoms with E-state index >= 15 is 0 Å². The quantitative estimate of drug-likeness (QED) is 0.173. The minimum Gasteiger partial charge on any atom is -0.208 e. The second-order valence-electron chi connectivity index (χ2n) is 20.7. The van der Waals surface area contributed by atoms with Crippen molar-refractivity contribution >= 4 is 10.8 Å². The van der Waals surface area contributed by atoms with E-state index in [1.807, 2.05) is 18.2 Å². The molecule has 4 bridgehead atoms. The van der Waals surface area contributed by atoms with Crippen LogP contribution in [0.2, 0.25) is 0 Å². The van der Waals surface area contributed by atoms with Crippen molar-refractivity contribution in [2.75, 3.05) is 0 Å². The zero-order valence-corrected chi connectivity index (χ0v) is 38.4. The van der Waals surface area contributed by atoms with Gasteiger partial charge < -0.3 is 0 Å². The monoisotopic (exact) mass is 883 g/mol. The Labute approximate surface area is 403 Å². The lowest BCUT2D eigenvalue weighted by atomic mass is 9.38. The maximum atomic E-state index is 5.22. The van der Waals surface area contributed by atoms with Crippen molar-refractivity contribution in [1.29, 1.82) is 0 Å². The summed E-state index contributed by atoms with van der Waals surface area (Å²) in [5.41, 5.74) is 19.0. The molecule has 3 heteroatoms. The number of benzene rings is 9. The van der Waals surface area contributed by atoms with Gasteiger partial charge in [0.2, 0.25) is 0 Å². The molecule has 1 heterocycles. The van der Waals surface area contributed by atoms with Crippen molar-refractivity contribution in [2.24, 2.45) is 23.7 Å². The van der Waals surface area contributed by atoms with E-state index in [0.29, 0.717) is 29.3 Å². The third-order valence-corrected chi connectivity index (χ3v) is 17.4. The predicted molar refractivity (Wildman–Crippen MR) is 280 cm³/mol. The molecule has 6 aliphatic rings. The summed E-state index contributed by atoms with van der Waals surface area (Å²) in [6.45, 7) is 0. The molecule has 0 radical (unpaired) electrons. The molecule has 69 heavy (non-hydrogen) atoms. The van der Waals surface area contributed by atoms with E-state index in [2.05, 4.69) is 194 Å². The van der Waals surface area contributed by atoms with Gasteiger partial charge >= 0.3 is 0 Å². The highest BCUT2D eigenvalue weighted by Crippen LogP contribution is 2.71. The van der Waals surface area contributed by atoms with E-state index in [1.54, 1.807) is 11.1 Å². The predicted octanol–water partition coefficient (Wildman–Crippen LogP) is 15.8. The van der Waals surface area contributed by atoms with Crippen LogP contribution < -0.4 is 0 Å². The molecule has 0 N–H and O–H groups in total. The standard InChI is InChI=1S/C66H49N3/c1-3-13-43(14-4-1)48-29-25-45-26-30-50(39-51(45)38-48)64-68-62(46-15-5-2-6-16-46)67-63(69-64)47-27-23-44(24-28-47)49-31-32-60-61(40-49)66(56-19-9-7-17-54(56)55-18-8-10-20-57(55)66)59-22-12-11-21-58(59)65(60)52-34-41-33-42(36-52)37-53(65)35-41/h1-32,38-42,52-53H,33-37H2. The Morgan fingerprint density at radius 1 is 0.290 bits per heavy atom. The van der Waals surface area contributed by atoms with E-state index in [0.717, 1.165) is 33.9 Å². The molecule has 9 aromatic carbocycles. The molecule has 0 saturated heterocycles. The third-order valence-electron chi connectivity index (χ3n) is 17.4. The number of fused-ring (bicyclic) bond motifs is 10. The molecule has 6 aliphatic carbocycles. The third kappa shape index (κ3) is 5.65. The molecule has 1 aromatic heterocycles. The summed E-state index contributed by atoms with van der Waals surface area (Å²) in [5.74, 6) is 5.05. The van der Waals surface area contributed by atoms with Crippen molar-refractivity contribution < 1.29 is 0 Å². The Bertz CT molecular complexity index is 3610. The summed E-state index contributed by atoms with van der Waals surface area (Å²) in [6.07, 6.45) is 6.85. The molecule has 0 unspecified atom stereocenters. The summed E-state index contributed by atoms with van der Waals surface area (Å²) in [5, 5.41) is 2.33. The van der Waals surface area contributed by atoms with Gasteiger partial charge in [-0.15, -0.1) is 0 Å². The van der Waals surface area contributed by atoms with Gasteiger partial charge in [0.1, 0.15) is 0 Å². The van der Waals surface area contributed by atoms with Gasteiger partial charge in [-0.25, -0.2) is 15.0 Å². The van der Waals surface area contributed by atoms with Crippen LogP contribution in [0.5, 0.6) is 0 Å². The highest BCUT2D eigenvalue weighted by Gasteiger charge is 2.64. The molecule has 16 rings (SSSR count). The SMILES string of the molecule is c1ccc(-c2ccc3ccc(-c4nc(-c5ccccc5)nc(-c5ccc(-c6ccc7c(c6)C6(c8ccccc8-c8ccccc86)c6ccccc6C76C7CC8CC(C7)CC6C8)cc5)n4)cc3c2)cc1. The van der Waals surface area contributed by atoms with Gasteiger partial charge in [0.25, 0.3) is 0 Å². The minimum atomic E-state index is -0.421. The van der Waals surface area contributed by atoms with Gasteiger partial charge in [-0.1, -0.05) is 194 Å². The highest BCUT2D eigenvalue weighted by atomic mass is 15.0. The molecular weight excluding hydrogens is 835 g/mol. The zero-order valence-electron chi connectivity index (χ0n) is 38.4. The lowest BCUT2D eigenvalue weighted by molar-refractivity contribution is -0.0440. The van der Waals surface area contributed by atoms with Gasteiger partial charge in [-0.3, -0.25) is 0 Å². The second-order valence-corrected chi connectivity index (χ2v) is 20.7. The van der Waals surface area contributed by atoms with Crippen LogP contribution >= 0.6 is 0 Å².